The number of aliphatic hydroxyl groups is 1. The second kappa shape index (κ2) is 9.36. The van der Waals surface area contributed by atoms with Crippen molar-refractivity contribution in [2.24, 2.45) is 11.8 Å². The zero-order valence-electron chi connectivity index (χ0n) is 15.7. The first-order valence-electron chi connectivity index (χ1n) is 9.71. The second-order valence-electron chi connectivity index (χ2n) is 8.19. The van der Waals surface area contributed by atoms with E-state index in [9.17, 15) is 5.11 Å². The third kappa shape index (κ3) is 6.33. The predicted molar refractivity (Wildman–Crippen MR) is 95.7 cm³/mol. The van der Waals surface area contributed by atoms with E-state index in [2.05, 4.69) is 23.6 Å². The summed E-state index contributed by atoms with van der Waals surface area (Å²) in [6, 6.07) is 0.807. The molecule has 1 saturated heterocycles. The number of ether oxygens (including phenoxy) is 1. The Morgan fingerprint density at radius 2 is 1.57 bits per heavy atom. The van der Waals surface area contributed by atoms with E-state index in [-0.39, 0.29) is 12.2 Å². The molecule has 0 spiro atoms. The molecule has 0 radical (unpaired) electrons. The van der Waals surface area contributed by atoms with Crippen LogP contribution in [0.3, 0.4) is 0 Å². The molecule has 2 aliphatic rings. The lowest BCUT2D eigenvalue weighted by Crippen LogP contribution is -2.52. The largest absolute Gasteiger partial charge is 0.389 e. The number of hydrogen-bond acceptors (Lipinski definition) is 4. The van der Waals surface area contributed by atoms with Crippen molar-refractivity contribution in [2.45, 2.75) is 71.6 Å². The smallest absolute Gasteiger partial charge is 0.0900 e. The van der Waals surface area contributed by atoms with Gasteiger partial charge in [0.1, 0.15) is 0 Å². The van der Waals surface area contributed by atoms with E-state index in [1.807, 2.05) is 13.8 Å². The van der Waals surface area contributed by atoms with Crippen LogP contribution in [-0.2, 0) is 4.74 Å². The van der Waals surface area contributed by atoms with Crippen LogP contribution in [0.1, 0.15) is 53.4 Å². The van der Waals surface area contributed by atoms with E-state index in [1.54, 1.807) is 0 Å². The van der Waals surface area contributed by atoms with Crippen LogP contribution in [0.15, 0.2) is 0 Å². The quantitative estimate of drug-likeness (QED) is 0.780. The predicted octanol–water partition coefficient (Wildman–Crippen LogP) is 2.60. The molecule has 0 aromatic rings. The lowest BCUT2D eigenvalue weighted by molar-refractivity contribution is -0.0185. The van der Waals surface area contributed by atoms with Gasteiger partial charge in [-0.3, -0.25) is 9.80 Å². The zero-order valence-corrected chi connectivity index (χ0v) is 15.7. The molecule has 1 unspecified atom stereocenters. The maximum atomic E-state index is 10.1. The van der Waals surface area contributed by atoms with Gasteiger partial charge in [-0.1, -0.05) is 13.8 Å². The third-order valence-corrected chi connectivity index (χ3v) is 5.70. The van der Waals surface area contributed by atoms with Crippen molar-refractivity contribution in [1.82, 2.24) is 9.80 Å². The standard InChI is InChI=1S/C19H38N2O2/c1-15(2)17-5-7-18(8-6-17)21-11-9-20(10-12-21)13-19(22)14-23-16(3)4/h15-19,22H,5-14H2,1-4H3. The zero-order chi connectivity index (χ0) is 16.8. The van der Waals surface area contributed by atoms with Gasteiger partial charge in [0.05, 0.1) is 18.8 Å². The Morgan fingerprint density at radius 3 is 2.09 bits per heavy atom. The van der Waals surface area contributed by atoms with Crippen molar-refractivity contribution in [3.8, 4) is 0 Å². The van der Waals surface area contributed by atoms with Gasteiger partial charge in [-0.15, -0.1) is 0 Å². The van der Waals surface area contributed by atoms with Crippen molar-refractivity contribution in [1.29, 1.82) is 0 Å². The lowest BCUT2D eigenvalue weighted by Gasteiger charge is -2.43. The molecule has 1 aliphatic carbocycles. The van der Waals surface area contributed by atoms with Crippen LogP contribution in [0.25, 0.3) is 0 Å². The Morgan fingerprint density at radius 1 is 0.957 bits per heavy atom. The molecular formula is C19H38N2O2. The van der Waals surface area contributed by atoms with Crippen LogP contribution in [0.5, 0.6) is 0 Å². The van der Waals surface area contributed by atoms with Gasteiger partial charge in [0, 0.05) is 38.8 Å². The highest BCUT2D eigenvalue weighted by atomic mass is 16.5. The summed E-state index contributed by atoms with van der Waals surface area (Å²) in [6.07, 6.45) is 5.43. The fourth-order valence-corrected chi connectivity index (χ4v) is 4.10. The first kappa shape index (κ1) is 19.2. The Bertz CT molecular complexity index is 319. The molecule has 0 bridgehead atoms. The van der Waals surface area contributed by atoms with Gasteiger partial charge in [0.15, 0.2) is 0 Å². The van der Waals surface area contributed by atoms with Crippen LogP contribution < -0.4 is 0 Å². The van der Waals surface area contributed by atoms with Crippen molar-refractivity contribution < 1.29 is 9.84 Å². The number of piperazine rings is 1. The van der Waals surface area contributed by atoms with Crippen LogP contribution in [0, 0.1) is 11.8 Å². The van der Waals surface area contributed by atoms with E-state index in [0.29, 0.717) is 6.61 Å². The van der Waals surface area contributed by atoms with Gasteiger partial charge >= 0.3 is 0 Å². The Balaban J connectivity index is 1.64. The first-order valence-corrected chi connectivity index (χ1v) is 9.71. The number of nitrogens with zero attached hydrogens (tertiary/aromatic N) is 2. The summed E-state index contributed by atoms with van der Waals surface area (Å²) in [6.45, 7) is 14.5. The van der Waals surface area contributed by atoms with E-state index < -0.39 is 0 Å². The summed E-state index contributed by atoms with van der Waals surface area (Å²) >= 11 is 0. The number of rotatable bonds is 7. The van der Waals surface area contributed by atoms with E-state index in [0.717, 1.165) is 50.6 Å². The highest BCUT2D eigenvalue weighted by Crippen LogP contribution is 2.32. The Hall–Kier alpha value is -0.160. The normalized spacial score (nSPS) is 29.3. The van der Waals surface area contributed by atoms with E-state index >= 15 is 0 Å². The summed E-state index contributed by atoms with van der Waals surface area (Å²) < 4.78 is 5.50. The van der Waals surface area contributed by atoms with Crippen LogP contribution in [0.2, 0.25) is 0 Å². The highest BCUT2D eigenvalue weighted by Gasteiger charge is 2.29. The third-order valence-electron chi connectivity index (χ3n) is 5.70. The molecular weight excluding hydrogens is 288 g/mol. The van der Waals surface area contributed by atoms with Crippen LogP contribution >= 0.6 is 0 Å². The van der Waals surface area contributed by atoms with E-state index in [1.165, 1.54) is 25.7 Å². The van der Waals surface area contributed by atoms with Crippen LogP contribution in [-0.4, -0.2) is 72.5 Å². The SMILES string of the molecule is CC(C)OCC(O)CN1CCN(C2CCC(C(C)C)CC2)CC1. The van der Waals surface area contributed by atoms with Gasteiger partial charge in [-0.05, 0) is 51.4 Å². The maximum Gasteiger partial charge on any atom is 0.0900 e. The molecule has 136 valence electrons. The summed E-state index contributed by atoms with van der Waals surface area (Å²) in [5, 5.41) is 10.1. The highest BCUT2D eigenvalue weighted by molar-refractivity contribution is 4.84. The van der Waals surface area contributed by atoms with Crippen molar-refractivity contribution >= 4 is 0 Å². The molecule has 23 heavy (non-hydrogen) atoms. The fraction of sp³-hybridized carbons (Fsp3) is 1.00. The molecule has 0 amide bonds. The molecule has 2 fully saturated rings. The van der Waals surface area contributed by atoms with E-state index in [4.69, 9.17) is 4.74 Å². The molecule has 1 aliphatic heterocycles. The minimum atomic E-state index is -0.356. The first-order chi connectivity index (χ1) is 11.0. The molecule has 1 saturated carbocycles. The summed E-state index contributed by atoms with van der Waals surface area (Å²) in [4.78, 5) is 5.09. The summed E-state index contributed by atoms with van der Waals surface area (Å²) in [7, 11) is 0. The topological polar surface area (TPSA) is 35.9 Å². The van der Waals surface area contributed by atoms with Gasteiger partial charge in [-0.2, -0.15) is 0 Å². The van der Waals surface area contributed by atoms with Gasteiger partial charge in [0.25, 0.3) is 0 Å². The molecule has 2 rings (SSSR count). The summed E-state index contributed by atoms with van der Waals surface area (Å²) in [5.41, 5.74) is 0. The lowest BCUT2D eigenvalue weighted by atomic mass is 9.79. The molecule has 0 aromatic heterocycles. The molecule has 4 nitrogen and oxygen atoms in total. The number of β-amino-alcohol motifs (C(OH)–C–C–N with tert-alkyl or cyclic N) is 1. The van der Waals surface area contributed by atoms with Gasteiger partial charge < -0.3 is 9.84 Å². The fourth-order valence-electron chi connectivity index (χ4n) is 4.10. The minimum Gasteiger partial charge on any atom is -0.389 e. The van der Waals surface area contributed by atoms with Crippen molar-refractivity contribution in [2.75, 3.05) is 39.3 Å². The summed E-state index contributed by atoms with van der Waals surface area (Å²) in [5.74, 6) is 1.80. The van der Waals surface area contributed by atoms with Crippen LogP contribution in [0.4, 0.5) is 0 Å². The monoisotopic (exact) mass is 326 g/mol. The molecule has 1 atom stereocenters. The molecule has 4 heteroatoms. The number of hydrogen-bond donors (Lipinski definition) is 1. The number of aliphatic hydroxyl groups excluding tert-OH is 1. The average Bonchev–Trinajstić information content (AvgIpc) is 2.54. The Labute approximate surface area is 143 Å². The molecule has 1 heterocycles. The van der Waals surface area contributed by atoms with Gasteiger partial charge in [-0.25, -0.2) is 0 Å². The Kier molecular flexibility index (Phi) is 7.80. The molecule has 1 N–H and O–H groups in total. The van der Waals surface area contributed by atoms with Crippen molar-refractivity contribution in [3.63, 3.8) is 0 Å². The maximum absolute atomic E-state index is 10.1. The average molecular weight is 327 g/mol. The minimum absolute atomic E-state index is 0.197. The van der Waals surface area contributed by atoms with Crippen molar-refractivity contribution in [3.05, 3.63) is 0 Å². The van der Waals surface area contributed by atoms with Gasteiger partial charge in [0.2, 0.25) is 0 Å². The second-order valence-corrected chi connectivity index (χ2v) is 8.19. The molecule has 0 aromatic carbocycles.